The number of nitrogens with one attached hydrogen (secondary N) is 1. The Hall–Kier alpha value is -2.58. The third-order valence-corrected chi connectivity index (χ3v) is 5.92. The van der Waals surface area contributed by atoms with Gasteiger partial charge in [0.1, 0.15) is 18.1 Å². The molecule has 7 nitrogen and oxygen atoms in total. The Labute approximate surface area is 166 Å². The predicted octanol–water partition coefficient (Wildman–Crippen LogP) is 2.07. The number of ether oxygens (including phenoxy) is 2. The van der Waals surface area contributed by atoms with Crippen LogP contribution in [0.15, 0.2) is 53.4 Å². The van der Waals surface area contributed by atoms with Gasteiger partial charge in [0, 0.05) is 20.5 Å². The number of benzene rings is 2. The zero-order valence-electron chi connectivity index (χ0n) is 16.3. The van der Waals surface area contributed by atoms with Gasteiger partial charge in [0.25, 0.3) is 0 Å². The van der Waals surface area contributed by atoms with Gasteiger partial charge in [-0.15, -0.1) is 0 Å². The summed E-state index contributed by atoms with van der Waals surface area (Å²) in [6, 6.07) is 13.8. The number of carbonyl (C=O) groups is 1. The van der Waals surface area contributed by atoms with Crippen molar-refractivity contribution in [1.29, 1.82) is 0 Å². The van der Waals surface area contributed by atoms with Crippen molar-refractivity contribution >= 4 is 15.9 Å². The Bertz CT molecular complexity index is 862. The first-order valence-electron chi connectivity index (χ1n) is 8.88. The molecule has 0 aliphatic rings. The van der Waals surface area contributed by atoms with Gasteiger partial charge in [-0.2, -0.15) is 0 Å². The SMILES string of the molecule is COc1ccc(CCC(=O)NCCOc2ccc(S(=O)(=O)N(C)C)cc2)cc1. The molecule has 0 aliphatic heterocycles. The second-order valence-electron chi connectivity index (χ2n) is 6.31. The molecule has 0 atom stereocenters. The minimum atomic E-state index is -3.45. The molecule has 8 heteroatoms. The summed E-state index contributed by atoms with van der Waals surface area (Å²) >= 11 is 0. The topological polar surface area (TPSA) is 84.9 Å². The van der Waals surface area contributed by atoms with Crippen molar-refractivity contribution in [3.63, 3.8) is 0 Å². The molecule has 0 saturated heterocycles. The van der Waals surface area contributed by atoms with Crippen LogP contribution in [0.1, 0.15) is 12.0 Å². The number of sulfonamides is 1. The minimum Gasteiger partial charge on any atom is -0.497 e. The molecule has 0 heterocycles. The summed E-state index contributed by atoms with van der Waals surface area (Å²) in [6.07, 6.45) is 1.04. The Kier molecular flexibility index (Phi) is 7.83. The monoisotopic (exact) mass is 406 g/mol. The highest BCUT2D eigenvalue weighted by Gasteiger charge is 2.16. The Balaban J connectivity index is 1.69. The maximum atomic E-state index is 12.0. The molecule has 0 aliphatic carbocycles. The zero-order valence-corrected chi connectivity index (χ0v) is 17.2. The van der Waals surface area contributed by atoms with E-state index in [0.717, 1.165) is 15.6 Å². The third-order valence-electron chi connectivity index (χ3n) is 4.10. The standard InChI is InChI=1S/C20H26N2O5S/c1-22(2)28(24,25)19-11-9-18(10-12-19)27-15-14-21-20(23)13-6-16-4-7-17(26-3)8-5-16/h4-5,7-12H,6,13-15H2,1-3H3,(H,21,23). The molecule has 0 radical (unpaired) electrons. The third kappa shape index (κ3) is 6.24. The molecule has 1 N–H and O–H groups in total. The van der Waals surface area contributed by atoms with Gasteiger partial charge in [0.2, 0.25) is 15.9 Å². The lowest BCUT2D eigenvalue weighted by atomic mass is 10.1. The van der Waals surface area contributed by atoms with Gasteiger partial charge in [-0.05, 0) is 48.4 Å². The van der Waals surface area contributed by atoms with Crippen molar-refractivity contribution in [2.45, 2.75) is 17.7 Å². The number of hydrogen-bond acceptors (Lipinski definition) is 5. The van der Waals surface area contributed by atoms with E-state index >= 15 is 0 Å². The smallest absolute Gasteiger partial charge is 0.242 e. The summed E-state index contributed by atoms with van der Waals surface area (Å²) in [6.45, 7) is 0.674. The number of nitrogens with zero attached hydrogens (tertiary/aromatic N) is 1. The normalized spacial score (nSPS) is 11.3. The number of hydrogen-bond donors (Lipinski definition) is 1. The summed E-state index contributed by atoms with van der Waals surface area (Å²) in [4.78, 5) is 12.1. The molecule has 0 unspecified atom stereocenters. The van der Waals surface area contributed by atoms with Crippen LogP contribution in [0.4, 0.5) is 0 Å². The molecule has 2 rings (SSSR count). The molecule has 0 aromatic heterocycles. The van der Waals surface area contributed by atoms with Gasteiger partial charge in [-0.3, -0.25) is 4.79 Å². The molecule has 28 heavy (non-hydrogen) atoms. The first-order chi connectivity index (χ1) is 13.3. The highest BCUT2D eigenvalue weighted by molar-refractivity contribution is 7.89. The summed E-state index contributed by atoms with van der Waals surface area (Å²) in [5, 5.41) is 2.81. The van der Waals surface area contributed by atoms with Gasteiger partial charge in [-0.25, -0.2) is 12.7 Å². The summed E-state index contributed by atoms with van der Waals surface area (Å²) < 4.78 is 35.8. The van der Waals surface area contributed by atoms with Crippen LogP contribution in [0.2, 0.25) is 0 Å². The lowest BCUT2D eigenvalue weighted by Gasteiger charge is -2.12. The van der Waals surface area contributed by atoms with Crippen molar-refractivity contribution in [2.24, 2.45) is 0 Å². The highest BCUT2D eigenvalue weighted by atomic mass is 32.2. The number of carbonyl (C=O) groups excluding carboxylic acids is 1. The lowest BCUT2D eigenvalue weighted by molar-refractivity contribution is -0.121. The van der Waals surface area contributed by atoms with Crippen molar-refractivity contribution in [3.8, 4) is 11.5 Å². The molecule has 1 amide bonds. The van der Waals surface area contributed by atoms with Gasteiger partial charge < -0.3 is 14.8 Å². The van der Waals surface area contributed by atoms with Gasteiger partial charge in [0.15, 0.2) is 0 Å². The van der Waals surface area contributed by atoms with Gasteiger partial charge in [-0.1, -0.05) is 12.1 Å². The minimum absolute atomic E-state index is 0.0492. The number of methoxy groups -OCH3 is 1. The van der Waals surface area contributed by atoms with E-state index in [1.165, 1.54) is 26.2 Å². The van der Waals surface area contributed by atoms with Gasteiger partial charge in [0.05, 0.1) is 18.6 Å². The van der Waals surface area contributed by atoms with Crippen LogP contribution in [-0.2, 0) is 21.2 Å². The average molecular weight is 407 g/mol. The fourth-order valence-electron chi connectivity index (χ4n) is 2.42. The van der Waals surface area contributed by atoms with E-state index in [9.17, 15) is 13.2 Å². The van der Waals surface area contributed by atoms with Crippen LogP contribution < -0.4 is 14.8 Å². The van der Waals surface area contributed by atoms with E-state index in [0.29, 0.717) is 31.7 Å². The number of aryl methyl sites for hydroxylation is 1. The Morgan fingerprint density at radius 3 is 2.18 bits per heavy atom. The van der Waals surface area contributed by atoms with E-state index in [2.05, 4.69) is 5.32 Å². The second kappa shape index (κ2) is 10.1. The fourth-order valence-corrected chi connectivity index (χ4v) is 3.32. The molecule has 0 spiro atoms. The quantitative estimate of drug-likeness (QED) is 0.611. The number of amides is 1. The predicted molar refractivity (Wildman–Crippen MR) is 107 cm³/mol. The molecule has 0 saturated carbocycles. The van der Waals surface area contributed by atoms with Gasteiger partial charge >= 0.3 is 0 Å². The van der Waals surface area contributed by atoms with Crippen LogP contribution >= 0.6 is 0 Å². The molecule has 2 aromatic rings. The van der Waals surface area contributed by atoms with E-state index < -0.39 is 10.0 Å². The van der Waals surface area contributed by atoms with Crippen molar-refractivity contribution in [3.05, 3.63) is 54.1 Å². The van der Waals surface area contributed by atoms with Crippen LogP contribution in [0, 0.1) is 0 Å². The first-order valence-corrected chi connectivity index (χ1v) is 10.3. The van der Waals surface area contributed by atoms with Crippen LogP contribution in [0.3, 0.4) is 0 Å². The van der Waals surface area contributed by atoms with Crippen molar-refractivity contribution in [1.82, 2.24) is 9.62 Å². The molecule has 152 valence electrons. The number of rotatable bonds is 10. The molecule has 0 bridgehead atoms. The van der Waals surface area contributed by atoms with Crippen LogP contribution in [-0.4, -0.2) is 53.0 Å². The maximum absolute atomic E-state index is 12.0. The second-order valence-corrected chi connectivity index (χ2v) is 8.46. The lowest BCUT2D eigenvalue weighted by Crippen LogP contribution is -2.28. The van der Waals surface area contributed by atoms with E-state index in [-0.39, 0.29) is 10.8 Å². The fraction of sp³-hybridized carbons (Fsp3) is 0.350. The summed E-state index contributed by atoms with van der Waals surface area (Å²) in [5.74, 6) is 1.29. The van der Waals surface area contributed by atoms with Crippen LogP contribution in [0.5, 0.6) is 11.5 Å². The first kappa shape index (κ1) is 21.7. The zero-order chi connectivity index (χ0) is 20.6. The largest absolute Gasteiger partial charge is 0.497 e. The summed E-state index contributed by atoms with van der Waals surface area (Å²) in [7, 11) is 1.13. The summed E-state index contributed by atoms with van der Waals surface area (Å²) in [5.41, 5.74) is 1.07. The van der Waals surface area contributed by atoms with E-state index in [1.54, 1.807) is 19.2 Å². The average Bonchev–Trinajstić information content (AvgIpc) is 2.70. The van der Waals surface area contributed by atoms with Crippen molar-refractivity contribution < 1.29 is 22.7 Å². The van der Waals surface area contributed by atoms with E-state index in [1.807, 2.05) is 24.3 Å². The van der Waals surface area contributed by atoms with Crippen molar-refractivity contribution in [2.75, 3.05) is 34.4 Å². The van der Waals surface area contributed by atoms with Crippen LogP contribution in [0.25, 0.3) is 0 Å². The molecule has 0 fully saturated rings. The molecule has 2 aromatic carbocycles. The van der Waals surface area contributed by atoms with E-state index in [4.69, 9.17) is 9.47 Å². The Morgan fingerprint density at radius 1 is 1.00 bits per heavy atom. The Morgan fingerprint density at radius 2 is 1.61 bits per heavy atom. The molecular weight excluding hydrogens is 380 g/mol. The maximum Gasteiger partial charge on any atom is 0.242 e. The molecular formula is C20H26N2O5S. The highest BCUT2D eigenvalue weighted by Crippen LogP contribution is 2.18.